The zero-order chi connectivity index (χ0) is 17.9. The van der Waals surface area contributed by atoms with E-state index in [-0.39, 0.29) is 0 Å². The molecule has 0 fully saturated rings. The van der Waals surface area contributed by atoms with E-state index in [1.165, 1.54) is 5.56 Å². The maximum atomic E-state index is 11.5. The molecule has 0 saturated heterocycles. The fourth-order valence-corrected chi connectivity index (χ4v) is 3.38. The molecule has 0 spiro atoms. The van der Waals surface area contributed by atoms with Crippen molar-refractivity contribution in [2.45, 2.75) is 41.0 Å². The molecule has 1 heterocycles. The molecule has 0 saturated carbocycles. The van der Waals surface area contributed by atoms with Gasteiger partial charge >= 0.3 is 5.97 Å². The van der Waals surface area contributed by atoms with E-state index in [4.69, 9.17) is 0 Å². The molecule has 24 heavy (non-hydrogen) atoms. The Kier molecular flexibility index (Phi) is 6.05. The molecule has 2 N–H and O–H groups in total. The largest absolute Gasteiger partial charge is 0.478 e. The lowest BCUT2D eigenvalue weighted by atomic mass is 10.0. The van der Waals surface area contributed by atoms with Crippen LogP contribution >= 0.6 is 0 Å². The Morgan fingerprint density at radius 3 is 2.33 bits per heavy atom. The van der Waals surface area contributed by atoms with Gasteiger partial charge in [0, 0.05) is 36.2 Å². The van der Waals surface area contributed by atoms with Gasteiger partial charge in [-0.2, -0.15) is 0 Å². The standard InChI is InChI=1S/C20H30N2O2/c1-13(2)11-22(12-14(3)4)9-8-16-6-7-18-17(10-16)19(20(23)24)15(5)21-18/h6-7,10,13-14,21H,8-9,11-12H2,1-5H3,(H,23,24). The minimum Gasteiger partial charge on any atom is -0.478 e. The van der Waals surface area contributed by atoms with E-state index in [1.807, 2.05) is 19.1 Å². The first-order valence-electron chi connectivity index (χ1n) is 8.84. The van der Waals surface area contributed by atoms with Crippen molar-refractivity contribution in [2.75, 3.05) is 19.6 Å². The smallest absolute Gasteiger partial charge is 0.338 e. The van der Waals surface area contributed by atoms with E-state index in [9.17, 15) is 9.90 Å². The van der Waals surface area contributed by atoms with Gasteiger partial charge in [-0.15, -0.1) is 0 Å². The van der Waals surface area contributed by atoms with Crippen LogP contribution in [0.4, 0.5) is 0 Å². The number of carbonyl (C=O) groups is 1. The van der Waals surface area contributed by atoms with Crippen LogP contribution in [0, 0.1) is 18.8 Å². The van der Waals surface area contributed by atoms with E-state index in [1.54, 1.807) is 0 Å². The second-order valence-electron chi connectivity index (χ2n) is 7.61. The molecule has 0 atom stereocenters. The molecule has 2 aromatic rings. The van der Waals surface area contributed by atoms with Crippen LogP contribution in [0.15, 0.2) is 18.2 Å². The maximum Gasteiger partial charge on any atom is 0.338 e. The highest BCUT2D eigenvalue weighted by Crippen LogP contribution is 2.24. The molecule has 0 bridgehead atoms. The third-order valence-electron chi connectivity index (χ3n) is 4.23. The van der Waals surface area contributed by atoms with Gasteiger partial charge in [0.25, 0.3) is 0 Å². The third-order valence-corrected chi connectivity index (χ3v) is 4.23. The Labute approximate surface area is 144 Å². The molecule has 0 aliphatic carbocycles. The average molecular weight is 330 g/mol. The molecule has 132 valence electrons. The predicted molar refractivity (Wildman–Crippen MR) is 99.8 cm³/mol. The minimum atomic E-state index is -0.864. The summed E-state index contributed by atoms with van der Waals surface area (Å²) in [7, 11) is 0. The average Bonchev–Trinajstić information content (AvgIpc) is 2.78. The number of carboxylic acid groups (broad SMARTS) is 1. The Bertz CT molecular complexity index is 691. The van der Waals surface area contributed by atoms with Crippen LogP contribution < -0.4 is 0 Å². The molecule has 2 rings (SSSR count). The monoisotopic (exact) mass is 330 g/mol. The van der Waals surface area contributed by atoms with E-state index in [0.717, 1.165) is 42.7 Å². The number of aromatic carboxylic acids is 1. The topological polar surface area (TPSA) is 56.3 Å². The van der Waals surface area contributed by atoms with Crippen molar-refractivity contribution < 1.29 is 9.90 Å². The van der Waals surface area contributed by atoms with Gasteiger partial charge in [0.05, 0.1) is 5.56 Å². The first-order chi connectivity index (χ1) is 11.3. The van der Waals surface area contributed by atoms with E-state index in [0.29, 0.717) is 17.4 Å². The highest BCUT2D eigenvalue weighted by atomic mass is 16.4. The van der Waals surface area contributed by atoms with Gasteiger partial charge in [-0.05, 0) is 42.9 Å². The van der Waals surface area contributed by atoms with Crippen molar-refractivity contribution in [2.24, 2.45) is 11.8 Å². The molecule has 0 unspecified atom stereocenters. The molecule has 1 aromatic carbocycles. The first kappa shape index (κ1) is 18.5. The number of nitrogens with zero attached hydrogens (tertiary/aromatic N) is 1. The van der Waals surface area contributed by atoms with Gasteiger partial charge in [-0.1, -0.05) is 33.8 Å². The zero-order valence-corrected chi connectivity index (χ0v) is 15.5. The number of H-pyrrole nitrogens is 1. The number of benzene rings is 1. The molecule has 1 aromatic heterocycles. The van der Waals surface area contributed by atoms with Gasteiger partial charge < -0.3 is 15.0 Å². The van der Waals surface area contributed by atoms with Crippen LogP contribution in [0.3, 0.4) is 0 Å². The van der Waals surface area contributed by atoms with Crippen molar-refractivity contribution in [3.63, 3.8) is 0 Å². The second kappa shape index (κ2) is 7.84. The number of hydrogen-bond acceptors (Lipinski definition) is 2. The van der Waals surface area contributed by atoms with E-state index in [2.05, 4.69) is 43.6 Å². The van der Waals surface area contributed by atoms with Crippen LogP contribution in [0.5, 0.6) is 0 Å². The molecule has 0 aliphatic rings. The fraction of sp³-hybridized carbons (Fsp3) is 0.550. The summed E-state index contributed by atoms with van der Waals surface area (Å²) in [5.74, 6) is 0.437. The number of aromatic nitrogens is 1. The molecular weight excluding hydrogens is 300 g/mol. The fourth-order valence-electron chi connectivity index (χ4n) is 3.38. The van der Waals surface area contributed by atoms with Crippen LogP contribution in [0.2, 0.25) is 0 Å². The molecule has 4 nitrogen and oxygen atoms in total. The van der Waals surface area contributed by atoms with Crippen molar-refractivity contribution in [1.82, 2.24) is 9.88 Å². The lowest BCUT2D eigenvalue weighted by Gasteiger charge is -2.26. The normalized spacial score (nSPS) is 12.0. The third kappa shape index (κ3) is 4.60. The highest BCUT2D eigenvalue weighted by molar-refractivity contribution is 6.04. The molecule has 4 heteroatoms. The maximum absolute atomic E-state index is 11.5. The Morgan fingerprint density at radius 1 is 1.17 bits per heavy atom. The van der Waals surface area contributed by atoms with Crippen LogP contribution in [0.1, 0.15) is 49.3 Å². The Hall–Kier alpha value is -1.81. The van der Waals surface area contributed by atoms with Crippen LogP contribution in [0.25, 0.3) is 10.9 Å². The summed E-state index contributed by atoms with van der Waals surface area (Å²) in [6.45, 7) is 14.0. The van der Waals surface area contributed by atoms with Crippen LogP contribution in [-0.4, -0.2) is 40.6 Å². The summed E-state index contributed by atoms with van der Waals surface area (Å²) in [4.78, 5) is 17.2. The second-order valence-corrected chi connectivity index (χ2v) is 7.61. The van der Waals surface area contributed by atoms with Crippen molar-refractivity contribution in [3.8, 4) is 0 Å². The van der Waals surface area contributed by atoms with E-state index < -0.39 is 5.97 Å². The number of fused-ring (bicyclic) bond motifs is 1. The number of aromatic amines is 1. The summed E-state index contributed by atoms with van der Waals surface area (Å²) < 4.78 is 0. The van der Waals surface area contributed by atoms with Crippen molar-refractivity contribution >= 4 is 16.9 Å². The molecule has 0 radical (unpaired) electrons. The Balaban J connectivity index is 2.16. The number of hydrogen-bond donors (Lipinski definition) is 2. The van der Waals surface area contributed by atoms with Gasteiger partial charge in [-0.25, -0.2) is 4.79 Å². The van der Waals surface area contributed by atoms with Crippen molar-refractivity contribution in [3.05, 3.63) is 35.0 Å². The molecule has 0 amide bonds. The number of nitrogens with one attached hydrogen (secondary N) is 1. The Morgan fingerprint density at radius 2 is 1.79 bits per heavy atom. The zero-order valence-electron chi connectivity index (χ0n) is 15.5. The van der Waals surface area contributed by atoms with Gasteiger partial charge in [0.2, 0.25) is 0 Å². The summed E-state index contributed by atoms with van der Waals surface area (Å²) in [5, 5.41) is 10.2. The quantitative estimate of drug-likeness (QED) is 0.757. The first-order valence-corrected chi connectivity index (χ1v) is 8.84. The lowest BCUT2D eigenvalue weighted by Crippen LogP contribution is -2.33. The number of carboxylic acids is 1. The van der Waals surface area contributed by atoms with E-state index >= 15 is 0 Å². The van der Waals surface area contributed by atoms with Gasteiger partial charge in [-0.3, -0.25) is 0 Å². The summed E-state index contributed by atoms with van der Waals surface area (Å²) in [6, 6.07) is 6.14. The van der Waals surface area contributed by atoms with Crippen LogP contribution in [-0.2, 0) is 6.42 Å². The highest BCUT2D eigenvalue weighted by Gasteiger charge is 2.15. The summed E-state index contributed by atoms with van der Waals surface area (Å²) in [5.41, 5.74) is 3.21. The summed E-state index contributed by atoms with van der Waals surface area (Å²) in [6.07, 6.45) is 0.943. The SMILES string of the molecule is Cc1[nH]c2ccc(CCN(CC(C)C)CC(C)C)cc2c1C(=O)O. The predicted octanol–water partition coefficient (Wildman–Crippen LogP) is 4.33. The van der Waals surface area contributed by atoms with Crippen molar-refractivity contribution in [1.29, 1.82) is 0 Å². The van der Waals surface area contributed by atoms with Gasteiger partial charge in [0.15, 0.2) is 0 Å². The molecular formula is C20H30N2O2. The van der Waals surface area contributed by atoms with Gasteiger partial charge in [0.1, 0.15) is 0 Å². The molecule has 0 aliphatic heterocycles. The number of aryl methyl sites for hydroxylation is 1. The minimum absolute atomic E-state index is 0.396. The summed E-state index contributed by atoms with van der Waals surface area (Å²) >= 11 is 0. The lowest BCUT2D eigenvalue weighted by molar-refractivity contribution is 0.0698. The number of rotatable bonds is 8.